The maximum Gasteiger partial charge on any atom is 0.316 e. The van der Waals surface area contributed by atoms with Crippen LogP contribution in [0.5, 0.6) is 0 Å². The van der Waals surface area contributed by atoms with Crippen LogP contribution in [0.2, 0.25) is 0 Å². The molecular formula is C28H10N6. The summed E-state index contributed by atoms with van der Waals surface area (Å²) < 4.78 is 0. The molecule has 2 aromatic heterocycles. The first-order chi connectivity index (χ1) is 16.8. The van der Waals surface area contributed by atoms with Gasteiger partial charge in [0.25, 0.3) is 11.6 Å². The van der Waals surface area contributed by atoms with Gasteiger partial charge in [-0.1, -0.05) is 73.8 Å². The van der Waals surface area contributed by atoms with E-state index in [0.717, 1.165) is 27.9 Å². The summed E-state index contributed by atoms with van der Waals surface area (Å²) in [6.07, 6.45) is 0. The van der Waals surface area contributed by atoms with Crippen LogP contribution in [-0.2, 0) is 0 Å². The highest BCUT2D eigenvalue weighted by molar-refractivity contribution is 6.36. The molecule has 8 rings (SSSR count). The van der Waals surface area contributed by atoms with Gasteiger partial charge < -0.3 is 9.69 Å². The smallest absolute Gasteiger partial charge is 0.316 e. The molecule has 0 aliphatic heterocycles. The second-order valence-corrected chi connectivity index (χ2v) is 8.44. The zero-order valence-electron chi connectivity index (χ0n) is 17.5. The molecule has 6 nitrogen and oxygen atoms in total. The van der Waals surface area contributed by atoms with Crippen molar-refractivity contribution in [3.8, 4) is 22.5 Å². The molecule has 0 N–H and O–H groups in total. The molecule has 0 saturated heterocycles. The molecule has 0 saturated carbocycles. The summed E-state index contributed by atoms with van der Waals surface area (Å²) in [5.74, 6) is -0.0942. The summed E-state index contributed by atoms with van der Waals surface area (Å²) >= 11 is 0. The fourth-order valence-corrected chi connectivity index (χ4v) is 5.52. The SMILES string of the molecule is [C-]#[N+]c1nc2nc3c(nc2nc1[N+]#[C-])-c1ccc2c4cccc5cccc(c6ccc-3c1c62)c54. The van der Waals surface area contributed by atoms with Crippen LogP contribution < -0.4 is 0 Å². The van der Waals surface area contributed by atoms with E-state index in [1.807, 2.05) is 0 Å². The first kappa shape index (κ1) is 17.4. The maximum absolute atomic E-state index is 7.33. The molecule has 2 heterocycles. The Bertz CT molecular complexity index is 2000. The van der Waals surface area contributed by atoms with Gasteiger partial charge in [0.05, 0.1) is 0 Å². The number of aromatic nitrogens is 4. The molecule has 0 unspecified atom stereocenters. The second kappa shape index (κ2) is 5.78. The molecule has 152 valence electrons. The number of nitrogens with zero attached hydrogens (tertiary/aromatic N) is 6. The first-order valence-electron chi connectivity index (χ1n) is 10.7. The third kappa shape index (κ3) is 1.90. The van der Waals surface area contributed by atoms with Crippen molar-refractivity contribution < 1.29 is 0 Å². The van der Waals surface area contributed by atoms with Crippen molar-refractivity contribution in [2.45, 2.75) is 0 Å². The fourth-order valence-electron chi connectivity index (χ4n) is 5.52. The Morgan fingerprint density at radius 3 is 1.50 bits per heavy atom. The van der Waals surface area contributed by atoms with E-state index in [4.69, 9.17) is 23.1 Å². The average molecular weight is 430 g/mol. The summed E-state index contributed by atoms with van der Waals surface area (Å²) in [6, 6.07) is 21.5. The Kier molecular flexibility index (Phi) is 2.95. The lowest BCUT2D eigenvalue weighted by Gasteiger charge is -2.15. The van der Waals surface area contributed by atoms with E-state index in [1.54, 1.807) is 0 Å². The van der Waals surface area contributed by atoms with Gasteiger partial charge in [0.2, 0.25) is 0 Å². The minimum Gasteiger partial charge on any atom is -0.370 e. The van der Waals surface area contributed by atoms with Crippen LogP contribution in [0.3, 0.4) is 0 Å². The van der Waals surface area contributed by atoms with E-state index in [1.165, 1.54) is 37.7 Å². The van der Waals surface area contributed by atoms with Gasteiger partial charge in [-0.2, -0.15) is 9.97 Å². The number of hydrogen-bond acceptors (Lipinski definition) is 4. The summed E-state index contributed by atoms with van der Waals surface area (Å²) in [4.78, 5) is 24.8. The largest absolute Gasteiger partial charge is 0.370 e. The molecule has 34 heavy (non-hydrogen) atoms. The highest BCUT2D eigenvalue weighted by atomic mass is 15.1. The Balaban J connectivity index is 1.56. The van der Waals surface area contributed by atoms with Gasteiger partial charge in [0.1, 0.15) is 11.4 Å². The maximum atomic E-state index is 7.33. The number of fused-ring (bicyclic) bond motifs is 6. The van der Waals surface area contributed by atoms with Crippen LogP contribution in [0.25, 0.3) is 86.6 Å². The molecule has 0 bridgehead atoms. The van der Waals surface area contributed by atoms with Crippen LogP contribution in [-0.4, -0.2) is 19.9 Å². The standard InChI is InChI=1S/C28H10N6/c1-29-25-26(30-2)34-28-27(33-25)31-23-18-11-9-16-14-7-3-5-13-6-4-8-15(20(13)14)17-10-12-19(24(23)32-28)22(18)21(16)17/h3-12H. The monoisotopic (exact) mass is 430 g/mol. The fraction of sp³-hybridized carbons (Fsp3) is 0. The van der Waals surface area contributed by atoms with E-state index in [0.29, 0.717) is 0 Å². The van der Waals surface area contributed by atoms with E-state index < -0.39 is 0 Å². The number of benzene rings is 5. The number of hydrogen-bond donors (Lipinski definition) is 0. The normalized spacial score (nSPS) is 12.1. The van der Waals surface area contributed by atoms with Crippen molar-refractivity contribution in [2.24, 2.45) is 0 Å². The molecule has 0 spiro atoms. The Morgan fingerprint density at radius 1 is 0.500 bits per heavy atom. The van der Waals surface area contributed by atoms with Gasteiger partial charge in [0, 0.05) is 16.5 Å². The first-order valence-corrected chi connectivity index (χ1v) is 10.7. The van der Waals surface area contributed by atoms with Gasteiger partial charge in [0.15, 0.2) is 0 Å². The Morgan fingerprint density at radius 2 is 1.00 bits per heavy atom. The van der Waals surface area contributed by atoms with Crippen molar-refractivity contribution in [3.63, 3.8) is 0 Å². The number of rotatable bonds is 0. The van der Waals surface area contributed by atoms with Gasteiger partial charge in [-0.05, 0) is 37.7 Å². The molecular weight excluding hydrogens is 420 g/mol. The van der Waals surface area contributed by atoms with Crippen LogP contribution in [0, 0.1) is 13.1 Å². The van der Waals surface area contributed by atoms with Crippen molar-refractivity contribution >= 4 is 66.0 Å². The molecule has 0 atom stereocenters. The third-order valence-corrected chi connectivity index (χ3v) is 6.85. The van der Waals surface area contributed by atoms with Gasteiger partial charge in [-0.25, -0.2) is 0 Å². The highest BCUT2D eigenvalue weighted by Crippen LogP contribution is 2.51. The van der Waals surface area contributed by atoms with Crippen LogP contribution >= 0.6 is 0 Å². The average Bonchev–Trinajstić information content (AvgIpc) is 3.20. The topological polar surface area (TPSA) is 60.3 Å². The lowest BCUT2D eigenvalue weighted by molar-refractivity contribution is 1.19. The zero-order valence-corrected chi connectivity index (χ0v) is 17.5. The van der Waals surface area contributed by atoms with Crippen LogP contribution in [0.1, 0.15) is 0 Å². The van der Waals surface area contributed by atoms with Gasteiger partial charge >= 0.3 is 11.3 Å². The molecule has 5 aromatic carbocycles. The summed E-state index contributed by atoms with van der Waals surface area (Å²) in [6.45, 7) is 14.7. The molecule has 0 fully saturated rings. The summed E-state index contributed by atoms with van der Waals surface area (Å²) in [5.41, 5.74) is 4.06. The third-order valence-electron chi connectivity index (χ3n) is 6.85. The predicted molar refractivity (Wildman–Crippen MR) is 133 cm³/mol. The Hall–Kier alpha value is -5.20. The summed E-state index contributed by atoms with van der Waals surface area (Å²) in [7, 11) is 0. The van der Waals surface area contributed by atoms with Gasteiger partial charge in [-0.15, -0.1) is 9.97 Å². The quantitative estimate of drug-likeness (QED) is 0.145. The predicted octanol–water partition coefficient (Wildman–Crippen LogP) is 7.22. The second-order valence-electron chi connectivity index (χ2n) is 8.44. The molecule has 7 aromatic rings. The molecule has 0 radical (unpaired) electrons. The highest BCUT2D eigenvalue weighted by Gasteiger charge is 2.29. The van der Waals surface area contributed by atoms with E-state index in [2.05, 4.69) is 80.3 Å². The van der Waals surface area contributed by atoms with Crippen LogP contribution in [0.4, 0.5) is 11.6 Å². The molecule has 1 aliphatic carbocycles. The lowest BCUT2D eigenvalue weighted by Crippen LogP contribution is -1.95. The minimum atomic E-state index is -0.0471. The molecule has 0 amide bonds. The van der Waals surface area contributed by atoms with E-state index >= 15 is 0 Å². The Labute approximate surface area is 192 Å². The van der Waals surface area contributed by atoms with Crippen molar-refractivity contribution in [2.75, 3.05) is 0 Å². The van der Waals surface area contributed by atoms with E-state index in [9.17, 15) is 0 Å². The van der Waals surface area contributed by atoms with Crippen molar-refractivity contribution in [3.05, 3.63) is 83.5 Å². The lowest BCUT2D eigenvalue weighted by atomic mass is 9.88. The van der Waals surface area contributed by atoms with Gasteiger partial charge in [-0.3, -0.25) is 0 Å². The van der Waals surface area contributed by atoms with E-state index in [-0.39, 0.29) is 22.9 Å². The van der Waals surface area contributed by atoms with Crippen molar-refractivity contribution in [1.82, 2.24) is 19.9 Å². The summed E-state index contributed by atoms with van der Waals surface area (Å²) in [5, 5.41) is 9.73. The van der Waals surface area contributed by atoms with Crippen LogP contribution in [0.15, 0.2) is 60.7 Å². The minimum absolute atomic E-state index is 0.0471. The van der Waals surface area contributed by atoms with Crippen molar-refractivity contribution in [1.29, 1.82) is 0 Å². The molecule has 6 heteroatoms. The zero-order chi connectivity index (χ0) is 22.6. The molecule has 1 aliphatic rings.